The standard InChI is InChI=1S/C16H23ClN2OS/c1-2-15(12-4-3-5-13(17)10-12)19-16(20)11-21-14-6-8-18-9-7-14/h3-5,10,14-15,18H,2,6-9,11H2,1H3,(H,19,20). The van der Waals surface area contributed by atoms with E-state index in [1.54, 1.807) is 11.8 Å². The van der Waals surface area contributed by atoms with Crippen LogP contribution in [0.3, 0.4) is 0 Å². The fourth-order valence-electron chi connectivity index (χ4n) is 2.54. The van der Waals surface area contributed by atoms with Crippen LogP contribution in [0.25, 0.3) is 0 Å². The molecule has 2 N–H and O–H groups in total. The van der Waals surface area contributed by atoms with E-state index in [0.717, 1.165) is 37.9 Å². The summed E-state index contributed by atoms with van der Waals surface area (Å²) in [7, 11) is 0. The minimum absolute atomic E-state index is 0.0461. The molecule has 1 unspecified atom stereocenters. The number of piperidine rings is 1. The van der Waals surface area contributed by atoms with Gasteiger partial charge in [0.1, 0.15) is 0 Å². The van der Waals surface area contributed by atoms with Crippen molar-refractivity contribution in [3.05, 3.63) is 34.9 Å². The van der Waals surface area contributed by atoms with Crippen molar-refractivity contribution in [1.29, 1.82) is 0 Å². The number of hydrogen-bond acceptors (Lipinski definition) is 3. The molecule has 0 radical (unpaired) electrons. The van der Waals surface area contributed by atoms with Crippen LogP contribution in [-0.4, -0.2) is 30.0 Å². The molecule has 0 bridgehead atoms. The maximum atomic E-state index is 12.1. The summed E-state index contributed by atoms with van der Waals surface area (Å²) in [5.74, 6) is 0.659. The summed E-state index contributed by atoms with van der Waals surface area (Å²) >= 11 is 7.80. The van der Waals surface area contributed by atoms with Gasteiger partial charge < -0.3 is 10.6 Å². The SMILES string of the molecule is CCC(NC(=O)CSC1CCNCC1)c1cccc(Cl)c1. The topological polar surface area (TPSA) is 41.1 Å². The van der Waals surface area contributed by atoms with E-state index in [1.807, 2.05) is 24.3 Å². The third-order valence-electron chi connectivity index (χ3n) is 3.73. The lowest BCUT2D eigenvalue weighted by Crippen LogP contribution is -2.32. The molecule has 1 saturated heterocycles. The van der Waals surface area contributed by atoms with Crippen LogP contribution in [0.5, 0.6) is 0 Å². The van der Waals surface area contributed by atoms with E-state index < -0.39 is 0 Å². The minimum atomic E-state index is 0.0461. The number of benzene rings is 1. The minimum Gasteiger partial charge on any atom is -0.349 e. The molecular weight excluding hydrogens is 304 g/mol. The van der Waals surface area contributed by atoms with Crippen molar-refractivity contribution >= 4 is 29.3 Å². The van der Waals surface area contributed by atoms with E-state index in [-0.39, 0.29) is 11.9 Å². The van der Waals surface area contributed by atoms with Gasteiger partial charge in [-0.25, -0.2) is 0 Å². The van der Waals surface area contributed by atoms with Crippen LogP contribution in [0.15, 0.2) is 24.3 Å². The lowest BCUT2D eigenvalue weighted by atomic mass is 10.0. The number of nitrogens with one attached hydrogen (secondary N) is 2. The third-order valence-corrected chi connectivity index (χ3v) is 5.34. The Labute approximate surface area is 136 Å². The molecule has 21 heavy (non-hydrogen) atoms. The molecule has 0 saturated carbocycles. The predicted octanol–water partition coefficient (Wildman–Crippen LogP) is 3.39. The van der Waals surface area contributed by atoms with Gasteiger partial charge in [0, 0.05) is 10.3 Å². The summed E-state index contributed by atoms with van der Waals surface area (Å²) in [6.45, 7) is 4.21. The number of carbonyl (C=O) groups is 1. The number of thioether (sulfide) groups is 1. The second kappa shape index (κ2) is 8.66. The number of amides is 1. The first kappa shape index (κ1) is 16.7. The first-order chi connectivity index (χ1) is 10.2. The van der Waals surface area contributed by atoms with Crippen LogP contribution < -0.4 is 10.6 Å². The molecule has 0 aromatic heterocycles. The van der Waals surface area contributed by atoms with Crippen LogP contribution in [0.2, 0.25) is 5.02 Å². The Kier molecular flexibility index (Phi) is 6.87. The van der Waals surface area contributed by atoms with E-state index in [1.165, 1.54) is 0 Å². The molecule has 0 spiro atoms. The normalized spacial score (nSPS) is 17.4. The summed E-state index contributed by atoms with van der Waals surface area (Å²) in [5.41, 5.74) is 1.07. The highest BCUT2D eigenvalue weighted by molar-refractivity contribution is 8.00. The Morgan fingerprint density at radius 1 is 1.48 bits per heavy atom. The third kappa shape index (κ3) is 5.53. The van der Waals surface area contributed by atoms with E-state index in [9.17, 15) is 4.79 Å². The number of hydrogen-bond donors (Lipinski definition) is 2. The van der Waals surface area contributed by atoms with Gasteiger partial charge in [-0.1, -0.05) is 30.7 Å². The Bertz CT molecular complexity index is 463. The zero-order chi connectivity index (χ0) is 15.1. The molecule has 1 aliphatic heterocycles. The molecule has 1 aromatic rings. The van der Waals surface area contributed by atoms with Gasteiger partial charge in [-0.2, -0.15) is 0 Å². The van der Waals surface area contributed by atoms with Crippen molar-refractivity contribution in [2.45, 2.75) is 37.5 Å². The van der Waals surface area contributed by atoms with Gasteiger partial charge in [-0.05, 0) is 50.0 Å². The Morgan fingerprint density at radius 3 is 2.90 bits per heavy atom. The second-order valence-corrected chi connectivity index (χ2v) is 7.07. The van der Waals surface area contributed by atoms with Crippen molar-refractivity contribution in [1.82, 2.24) is 10.6 Å². The van der Waals surface area contributed by atoms with Gasteiger partial charge in [0.2, 0.25) is 5.91 Å². The van der Waals surface area contributed by atoms with Crippen molar-refractivity contribution in [2.75, 3.05) is 18.8 Å². The summed E-state index contributed by atoms with van der Waals surface area (Å²) in [5, 5.41) is 7.79. The maximum absolute atomic E-state index is 12.1. The van der Waals surface area contributed by atoms with Gasteiger partial charge in [0.15, 0.2) is 0 Å². The smallest absolute Gasteiger partial charge is 0.230 e. The largest absolute Gasteiger partial charge is 0.349 e. The fraction of sp³-hybridized carbons (Fsp3) is 0.562. The van der Waals surface area contributed by atoms with Crippen molar-refractivity contribution in [2.24, 2.45) is 0 Å². The quantitative estimate of drug-likeness (QED) is 0.842. The highest BCUT2D eigenvalue weighted by Gasteiger charge is 2.17. The Hall–Kier alpha value is -0.710. The molecule has 1 heterocycles. The average Bonchev–Trinajstić information content (AvgIpc) is 2.51. The Morgan fingerprint density at radius 2 is 2.24 bits per heavy atom. The van der Waals surface area contributed by atoms with Crippen LogP contribution in [-0.2, 0) is 4.79 Å². The molecule has 1 amide bonds. The average molecular weight is 327 g/mol. The summed E-state index contributed by atoms with van der Waals surface area (Å²) in [6.07, 6.45) is 3.18. The van der Waals surface area contributed by atoms with E-state index in [0.29, 0.717) is 16.0 Å². The molecule has 3 nitrogen and oxygen atoms in total. The van der Waals surface area contributed by atoms with Gasteiger partial charge in [-0.3, -0.25) is 4.79 Å². The Balaban J connectivity index is 1.82. The van der Waals surface area contributed by atoms with Crippen LogP contribution >= 0.6 is 23.4 Å². The molecule has 2 rings (SSSR count). The van der Waals surface area contributed by atoms with E-state index in [4.69, 9.17) is 11.6 Å². The molecule has 5 heteroatoms. The maximum Gasteiger partial charge on any atom is 0.230 e. The van der Waals surface area contributed by atoms with Crippen molar-refractivity contribution < 1.29 is 4.79 Å². The first-order valence-corrected chi connectivity index (χ1v) is 8.99. The number of halogens is 1. The number of rotatable bonds is 6. The fourth-order valence-corrected chi connectivity index (χ4v) is 3.77. The highest BCUT2D eigenvalue weighted by atomic mass is 35.5. The summed E-state index contributed by atoms with van der Waals surface area (Å²) < 4.78 is 0. The molecule has 0 aliphatic carbocycles. The molecule has 1 atom stereocenters. The van der Waals surface area contributed by atoms with E-state index in [2.05, 4.69) is 17.6 Å². The van der Waals surface area contributed by atoms with Crippen molar-refractivity contribution in [3.8, 4) is 0 Å². The summed E-state index contributed by atoms with van der Waals surface area (Å²) in [4.78, 5) is 12.1. The van der Waals surface area contributed by atoms with Gasteiger partial charge in [0.05, 0.1) is 11.8 Å². The zero-order valence-corrected chi connectivity index (χ0v) is 14.0. The molecule has 116 valence electrons. The van der Waals surface area contributed by atoms with Crippen LogP contribution in [0.1, 0.15) is 37.8 Å². The monoisotopic (exact) mass is 326 g/mol. The lowest BCUT2D eigenvalue weighted by molar-refractivity contribution is -0.119. The lowest BCUT2D eigenvalue weighted by Gasteiger charge is -2.22. The van der Waals surface area contributed by atoms with Crippen LogP contribution in [0.4, 0.5) is 0 Å². The highest BCUT2D eigenvalue weighted by Crippen LogP contribution is 2.22. The van der Waals surface area contributed by atoms with Gasteiger partial charge in [-0.15, -0.1) is 11.8 Å². The second-order valence-electron chi connectivity index (χ2n) is 5.34. The molecular formula is C16H23ClN2OS. The van der Waals surface area contributed by atoms with E-state index >= 15 is 0 Å². The zero-order valence-electron chi connectivity index (χ0n) is 12.4. The molecule has 1 aromatic carbocycles. The molecule has 1 aliphatic rings. The van der Waals surface area contributed by atoms with Crippen LogP contribution in [0, 0.1) is 0 Å². The van der Waals surface area contributed by atoms with Gasteiger partial charge >= 0.3 is 0 Å². The predicted molar refractivity (Wildman–Crippen MR) is 91.0 cm³/mol. The van der Waals surface area contributed by atoms with Gasteiger partial charge in [0.25, 0.3) is 0 Å². The number of carbonyl (C=O) groups excluding carboxylic acids is 1. The first-order valence-electron chi connectivity index (χ1n) is 7.56. The summed E-state index contributed by atoms with van der Waals surface area (Å²) in [6, 6.07) is 7.77. The molecule has 1 fully saturated rings. The van der Waals surface area contributed by atoms with Crippen molar-refractivity contribution in [3.63, 3.8) is 0 Å².